The fourth-order valence-corrected chi connectivity index (χ4v) is 2.91. The summed E-state index contributed by atoms with van der Waals surface area (Å²) in [6.07, 6.45) is -0.752. The van der Waals surface area contributed by atoms with Crippen molar-refractivity contribution in [1.29, 1.82) is 0 Å². The number of carboxylic acids is 1. The van der Waals surface area contributed by atoms with E-state index in [1.54, 1.807) is 12.1 Å². The fraction of sp³-hybridized carbons (Fsp3) is 0.263. The molecule has 0 aromatic heterocycles. The zero-order valence-electron chi connectivity index (χ0n) is 14.8. The van der Waals surface area contributed by atoms with Gasteiger partial charge < -0.3 is 14.7 Å². The summed E-state index contributed by atoms with van der Waals surface area (Å²) in [5, 5.41) is 20.0. The van der Waals surface area contributed by atoms with Crippen LogP contribution in [0, 0.1) is 16.0 Å². The van der Waals surface area contributed by atoms with Gasteiger partial charge in [0.05, 0.1) is 28.8 Å². The number of benzene rings is 2. The number of anilines is 1. The molecule has 8 heteroatoms. The van der Waals surface area contributed by atoms with Crippen LogP contribution >= 0.6 is 0 Å². The zero-order chi connectivity index (χ0) is 19.7. The molecule has 0 saturated carbocycles. The standard InChI is InChI=1S/C19H18N2O6/c1-11(2)17-18(22)20(10-12-3-5-13(6-4-12)19(23)24)15-8-7-14(21(25)26)9-16(15)27-17/h3-9,11,17H,10H2,1-2H3,(H,23,24). The van der Waals surface area contributed by atoms with Crippen molar-refractivity contribution < 1.29 is 24.4 Å². The van der Waals surface area contributed by atoms with Gasteiger partial charge in [-0.3, -0.25) is 14.9 Å². The number of carbonyl (C=O) groups is 2. The van der Waals surface area contributed by atoms with E-state index in [2.05, 4.69) is 0 Å². The van der Waals surface area contributed by atoms with E-state index in [9.17, 15) is 19.7 Å². The molecule has 1 aliphatic rings. The number of aromatic carboxylic acids is 1. The number of rotatable bonds is 5. The van der Waals surface area contributed by atoms with E-state index in [1.807, 2.05) is 13.8 Å². The molecule has 1 amide bonds. The normalized spacial score (nSPS) is 16.0. The van der Waals surface area contributed by atoms with Crippen molar-refractivity contribution in [3.05, 3.63) is 63.7 Å². The molecule has 0 fully saturated rings. The Labute approximate surface area is 155 Å². The Morgan fingerprint density at radius 3 is 2.48 bits per heavy atom. The Kier molecular flexibility index (Phi) is 4.81. The minimum atomic E-state index is -1.03. The average molecular weight is 370 g/mol. The lowest BCUT2D eigenvalue weighted by atomic mass is 10.0. The number of amides is 1. The van der Waals surface area contributed by atoms with Crippen molar-refractivity contribution in [2.45, 2.75) is 26.5 Å². The summed E-state index contributed by atoms with van der Waals surface area (Å²) in [7, 11) is 0. The first kappa shape index (κ1) is 18.4. The molecule has 1 atom stereocenters. The molecular weight excluding hydrogens is 352 g/mol. The molecule has 0 bridgehead atoms. The third-order valence-corrected chi connectivity index (χ3v) is 4.36. The summed E-state index contributed by atoms with van der Waals surface area (Å²) in [5.74, 6) is -1.11. The molecule has 0 radical (unpaired) electrons. The number of hydrogen-bond donors (Lipinski definition) is 1. The van der Waals surface area contributed by atoms with Gasteiger partial charge in [-0.05, 0) is 29.7 Å². The lowest BCUT2D eigenvalue weighted by Crippen LogP contribution is -2.48. The van der Waals surface area contributed by atoms with E-state index in [4.69, 9.17) is 9.84 Å². The van der Waals surface area contributed by atoms with Gasteiger partial charge >= 0.3 is 5.97 Å². The maximum absolute atomic E-state index is 12.9. The summed E-state index contributed by atoms with van der Waals surface area (Å²) in [6, 6.07) is 10.4. The van der Waals surface area contributed by atoms with Gasteiger partial charge in [-0.25, -0.2) is 4.79 Å². The van der Waals surface area contributed by atoms with E-state index in [0.29, 0.717) is 5.69 Å². The van der Waals surface area contributed by atoms with E-state index in [-0.39, 0.29) is 35.4 Å². The van der Waals surface area contributed by atoms with Crippen LogP contribution in [-0.4, -0.2) is 28.0 Å². The molecular formula is C19H18N2O6. The van der Waals surface area contributed by atoms with Gasteiger partial charge in [0.1, 0.15) is 0 Å². The smallest absolute Gasteiger partial charge is 0.335 e. The molecule has 0 saturated heterocycles. The fourth-order valence-electron chi connectivity index (χ4n) is 2.91. The number of nitro benzene ring substituents is 1. The maximum Gasteiger partial charge on any atom is 0.335 e. The second-order valence-electron chi connectivity index (χ2n) is 6.62. The molecule has 2 aromatic rings. The van der Waals surface area contributed by atoms with Gasteiger partial charge in [0.2, 0.25) is 0 Å². The Morgan fingerprint density at radius 2 is 1.93 bits per heavy atom. The Hall–Kier alpha value is -3.42. The molecule has 140 valence electrons. The van der Waals surface area contributed by atoms with Crippen LogP contribution in [0.3, 0.4) is 0 Å². The number of ether oxygens (including phenoxy) is 1. The highest BCUT2D eigenvalue weighted by atomic mass is 16.6. The lowest BCUT2D eigenvalue weighted by molar-refractivity contribution is -0.384. The van der Waals surface area contributed by atoms with E-state index < -0.39 is 17.0 Å². The van der Waals surface area contributed by atoms with E-state index >= 15 is 0 Å². The molecule has 27 heavy (non-hydrogen) atoms. The SMILES string of the molecule is CC(C)C1Oc2cc([N+](=O)[O-])ccc2N(Cc2ccc(C(=O)O)cc2)C1=O. The van der Waals surface area contributed by atoms with Crippen LogP contribution in [0.25, 0.3) is 0 Å². The zero-order valence-corrected chi connectivity index (χ0v) is 14.8. The molecule has 8 nitrogen and oxygen atoms in total. The van der Waals surface area contributed by atoms with Crippen molar-refractivity contribution in [2.75, 3.05) is 4.90 Å². The van der Waals surface area contributed by atoms with Crippen LogP contribution in [0.4, 0.5) is 11.4 Å². The maximum atomic E-state index is 12.9. The molecule has 2 aromatic carbocycles. The first-order valence-electron chi connectivity index (χ1n) is 8.36. The van der Waals surface area contributed by atoms with Gasteiger partial charge in [-0.15, -0.1) is 0 Å². The number of nitro groups is 1. The number of carbonyl (C=O) groups excluding carboxylic acids is 1. The monoisotopic (exact) mass is 370 g/mol. The van der Waals surface area contributed by atoms with Crippen LogP contribution in [0.2, 0.25) is 0 Å². The van der Waals surface area contributed by atoms with Crippen molar-refractivity contribution >= 4 is 23.3 Å². The largest absolute Gasteiger partial charge is 0.478 e. The quantitative estimate of drug-likeness (QED) is 0.639. The van der Waals surface area contributed by atoms with Crippen molar-refractivity contribution in [1.82, 2.24) is 0 Å². The highest BCUT2D eigenvalue weighted by Crippen LogP contribution is 2.39. The van der Waals surface area contributed by atoms with Crippen LogP contribution in [0.15, 0.2) is 42.5 Å². The molecule has 0 aliphatic carbocycles. The summed E-state index contributed by atoms with van der Waals surface area (Å²) in [5.41, 5.74) is 1.23. The minimum absolute atomic E-state index is 0.114. The van der Waals surface area contributed by atoms with Crippen molar-refractivity contribution in [2.24, 2.45) is 5.92 Å². The summed E-state index contributed by atoms with van der Waals surface area (Å²) >= 11 is 0. The minimum Gasteiger partial charge on any atom is -0.478 e. The first-order chi connectivity index (χ1) is 12.8. The summed E-state index contributed by atoms with van der Waals surface area (Å²) in [4.78, 5) is 35.9. The third-order valence-electron chi connectivity index (χ3n) is 4.36. The summed E-state index contributed by atoms with van der Waals surface area (Å²) < 4.78 is 5.74. The summed E-state index contributed by atoms with van der Waals surface area (Å²) in [6.45, 7) is 3.88. The molecule has 1 heterocycles. The molecule has 0 spiro atoms. The molecule has 1 aliphatic heterocycles. The second-order valence-corrected chi connectivity index (χ2v) is 6.62. The topological polar surface area (TPSA) is 110 Å². The van der Waals surface area contributed by atoms with Crippen LogP contribution in [0.5, 0.6) is 5.75 Å². The number of carboxylic acid groups (broad SMARTS) is 1. The van der Waals surface area contributed by atoms with Gasteiger partial charge in [-0.1, -0.05) is 26.0 Å². The second kappa shape index (κ2) is 7.06. The Morgan fingerprint density at radius 1 is 1.26 bits per heavy atom. The Balaban J connectivity index is 1.98. The molecule has 1 N–H and O–H groups in total. The van der Waals surface area contributed by atoms with Crippen molar-refractivity contribution in [3.63, 3.8) is 0 Å². The van der Waals surface area contributed by atoms with E-state index in [0.717, 1.165) is 5.56 Å². The van der Waals surface area contributed by atoms with Crippen molar-refractivity contribution in [3.8, 4) is 5.75 Å². The van der Waals surface area contributed by atoms with Gasteiger partial charge in [0.25, 0.3) is 11.6 Å². The van der Waals surface area contributed by atoms with Gasteiger partial charge in [-0.2, -0.15) is 0 Å². The first-order valence-corrected chi connectivity index (χ1v) is 8.36. The average Bonchev–Trinajstić information content (AvgIpc) is 2.63. The predicted octanol–water partition coefficient (Wildman–Crippen LogP) is 3.24. The number of non-ortho nitro benzene ring substituents is 1. The van der Waals surface area contributed by atoms with Crippen LogP contribution in [-0.2, 0) is 11.3 Å². The molecule has 1 unspecified atom stereocenters. The predicted molar refractivity (Wildman–Crippen MR) is 96.9 cm³/mol. The highest BCUT2D eigenvalue weighted by molar-refractivity contribution is 6.00. The van der Waals surface area contributed by atoms with E-state index in [1.165, 1.54) is 35.2 Å². The van der Waals surface area contributed by atoms with Gasteiger partial charge in [0, 0.05) is 6.07 Å². The number of hydrogen-bond acceptors (Lipinski definition) is 5. The third kappa shape index (κ3) is 3.59. The van der Waals surface area contributed by atoms with Crippen LogP contribution < -0.4 is 9.64 Å². The molecule has 3 rings (SSSR count). The lowest BCUT2D eigenvalue weighted by Gasteiger charge is -2.36. The number of fused-ring (bicyclic) bond motifs is 1. The van der Waals surface area contributed by atoms with Crippen LogP contribution in [0.1, 0.15) is 29.8 Å². The Bertz CT molecular complexity index is 907. The highest BCUT2D eigenvalue weighted by Gasteiger charge is 2.37. The number of nitrogens with zero attached hydrogens (tertiary/aromatic N) is 2. The van der Waals surface area contributed by atoms with Gasteiger partial charge in [0.15, 0.2) is 11.9 Å².